The predicted octanol–water partition coefficient (Wildman–Crippen LogP) is 4.20. The van der Waals surface area contributed by atoms with Crippen LogP contribution in [0.15, 0.2) is 18.2 Å². The standard InChI is InChI=1S/C16H17F3N2/c17-16(18,19)14-5-6-15(13(7-14)8-20)21(9-11-1-2-11)10-12-3-4-12/h5-7,11-12H,1-4,9-10H2. The molecule has 0 bridgehead atoms. The Kier molecular flexibility index (Phi) is 3.56. The van der Waals surface area contributed by atoms with Crippen molar-refractivity contribution >= 4 is 5.69 Å². The number of halogens is 3. The fraction of sp³-hybridized carbons (Fsp3) is 0.562. The summed E-state index contributed by atoms with van der Waals surface area (Å²) < 4.78 is 38.3. The fourth-order valence-corrected chi connectivity index (χ4v) is 2.57. The summed E-state index contributed by atoms with van der Waals surface area (Å²) in [5.41, 5.74) is 0.0380. The van der Waals surface area contributed by atoms with Crippen LogP contribution in [0.3, 0.4) is 0 Å². The van der Waals surface area contributed by atoms with Crippen molar-refractivity contribution in [2.45, 2.75) is 31.9 Å². The second kappa shape index (κ2) is 5.25. The summed E-state index contributed by atoms with van der Waals surface area (Å²) in [5, 5.41) is 9.21. The van der Waals surface area contributed by atoms with E-state index in [2.05, 4.69) is 4.90 Å². The molecule has 2 aliphatic rings. The van der Waals surface area contributed by atoms with Gasteiger partial charge in [-0.3, -0.25) is 0 Å². The van der Waals surface area contributed by atoms with Crippen molar-refractivity contribution in [3.63, 3.8) is 0 Å². The van der Waals surface area contributed by atoms with Crippen LogP contribution in [-0.2, 0) is 6.18 Å². The van der Waals surface area contributed by atoms with Gasteiger partial charge < -0.3 is 4.90 Å². The van der Waals surface area contributed by atoms with Crippen molar-refractivity contribution in [1.29, 1.82) is 5.26 Å². The van der Waals surface area contributed by atoms with Gasteiger partial charge in [-0.1, -0.05) is 0 Å². The molecule has 0 aliphatic heterocycles. The number of anilines is 1. The molecule has 0 aromatic heterocycles. The highest BCUT2D eigenvalue weighted by molar-refractivity contribution is 5.61. The summed E-state index contributed by atoms with van der Waals surface area (Å²) in [7, 11) is 0. The van der Waals surface area contributed by atoms with Gasteiger partial charge in [0.05, 0.1) is 16.8 Å². The molecule has 2 nitrogen and oxygen atoms in total. The van der Waals surface area contributed by atoms with E-state index in [1.54, 1.807) is 0 Å². The summed E-state index contributed by atoms with van der Waals surface area (Å²) in [6.45, 7) is 1.72. The molecule has 0 saturated heterocycles. The number of alkyl halides is 3. The van der Waals surface area contributed by atoms with Crippen LogP contribution in [0.25, 0.3) is 0 Å². The zero-order valence-corrected chi connectivity index (χ0v) is 11.7. The molecule has 2 aliphatic carbocycles. The third-order valence-corrected chi connectivity index (χ3v) is 4.14. The molecule has 2 fully saturated rings. The van der Waals surface area contributed by atoms with E-state index in [1.165, 1.54) is 31.7 Å². The lowest BCUT2D eigenvalue weighted by Gasteiger charge is -2.26. The quantitative estimate of drug-likeness (QED) is 0.813. The Labute approximate surface area is 122 Å². The number of nitrogens with zero attached hydrogens (tertiary/aromatic N) is 2. The Hall–Kier alpha value is -1.70. The maximum absolute atomic E-state index is 12.8. The highest BCUT2D eigenvalue weighted by Gasteiger charge is 2.33. The van der Waals surface area contributed by atoms with E-state index < -0.39 is 11.7 Å². The minimum atomic E-state index is -4.40. The molecule has 2 saturated carbocycles. The first kappa shape index (κ1) is 14.2. The van der Waals surface area contributed by atoms with Gasteiger partial charge in [0, 0.05) is 13.1 Å². The van der Waals surface area contributed by atoms with Crippen LogP contribution >= 0.6 is 0 Å². The van der Waals surface area contributed by atoms with Crippen LogP contribution < -0.4 is 4.90 Å². The monoisotopic (exact) mass is 294 g/mol. The zero-order chi connectivity index (χ0) is 15.0. The van der Waals surface area contributed by atoms with E-state index in [1.807, 2.05) is 6.07 Å². The smallest absolute Gasteiger partial charge is 0.370 e. The van der Waals surface area contributed by atoms with Gasteiger partial charge in [0.1, 0.15) is 6.07 Å². The lowest BCUT2D eigenvalue weighted by molar-refractivity contribution is -0.137. The van der Waals surface area contributed by atoms with E-state index in [0.717, 1.165) is 25.2 Å². The molecule has 112 valence electrons. The summed E-state index contributed by atoms with van der Waals surface area (Å²) in [6.07, 6.45) is 0.336. The van der Waals surface area contributed by atoms with Crippen molar-refractivity contribution in [3.05, 3.63) is 29.3 Å². The number of hydrogen-bond donors (Lipinski definition) is 0. The molecule has 1 aromatic carbocycles. The van der Waals surface area contributed by atoms with Crippen molar-refractivity contribution in [1.82, 2.24) is 0 Å². The summed E-state index contributed by atoms with van der Waals surface area (Å²) >= 11 is 0. The van der Waals surface area contributed by atoms with Crippen LogP contribution in [0.4, 0.5) is 18.9 Å². The van der Waals surface area contributed by atoms with E-state index in [4.69, 9.17) is 0 Å². The van der Waals surface area contributed by atoms with Crippen LogP contribution in [0.2, 0.25) is 0 Å². The first-order valence-electron chi connectivity index (χ1n) is 7.33. The lowest BCUT2D eigenvalue weighted by atomic mass is 10.1. The van der Waals surface area contributed by atoms with Gasteiger partial charge in [0.15, 0.2) is 0 Å². The summed E-state index contributed by atoms with van der Waals surface area (Å²) in [4.78, 5) is 2.12. The maximum atomic E-state index is 12.8. The SMILES string of the molecule is N#Cc1cc(C(F)(F)F)ccc1N(CC1CC1)CC1CC1. The van der Waals surface area contributed by atoms with Gasteiger partial charge in [-0.05, 0) is 55.7 Å². The number of hydrogen-bond acceptors (Lipinski definition) is 2. The Morgan fingerprint density at radius 2 is 1.67 bits per heavy atom. The largest absolute Gasteiger partial charge is 0.416 e. The molecule has 0 amide bonds. The fourth-order valence-electron chi connectivity index (χ4n) is 2.57. The Balaban J connectivity index is 1.88. The summed E-state index contributed by atoms with van der Waals surface area (Å²) in [5.74, 6) is 1.27. The molecular formula is C16H17F3N2. The second-order valence-corrected chi connectivity index (χ2v) is 6.13. The van der Waals surface area contributed by atoms with E-state index >= 15 is 0 Å². The molecule has 3 rings (SSSR count). The van der Waals surface area contributed by atoms with Crippen LogP contribution in [-0.4, -0.2) is 13.1 Å². The number of rotatable bonds is 5. The molecule has 1 aromatic rings. The van der Waals surface area contributed by atoms with Gasteiger partial charge in [-0.15, -0.1) is 0 Å². The number of nitriles is 1. The van der Waals surface area contributed by atoms with Crippen molar-refractivity contribution < 1.29 is 13.2 Å². The van der Waals surface area contributed by atoms with E-state index in [-0.39, 0.29) is 5.56 Å². The highest BCUT2D eigenvalue weighted by atomic mass is 19.4. The van der Waals surface area contributed by atoms with Gasteiger partial charge in [-0.25, -0.2) is 0 Å². The normalized spacial score (nSPS) is 18.4. The Morgan fingerprint density at radius 3 is 2.10 bits per heavy atom. The Bertz CT molecular complexity index is 552. The van der Waals surface area contributed by atoms with Gasteiger partial charge in [0.2, 0.25) is 0 Å². The predicted molar refractivity (Wildman–Crippen MR) is 73.8 cm³/mol. The van der Waals surface area contributed by atoms with Crippen LogP contribution in [0.5, 0.6) is 0 Å². The zero-order valence-electron chi connectivity index (χ0n) is 11.7. The van der Waals surface area contributed by atoms with Gasteiger partial charge in [-0.2, -0.15) is 18.4 Å². The molecule has 0 N–H and O–H groups in total. The van der Waals surface area contributed by atoms with Crippen molar-refractivity contribution in [2.24, 2.45) is 11.8 Å². The third-order valence-electron chi connectivity index (χ3n) is 4.14. The molecule has 0 unspecified atom stereocenters. The van der Waals surface area contributed by atoms with Crippen molar-refractivity contribution in [2.75, 3.05) is 18.0 Å². The average molecular weight is 294 g/mol. The van der Waals surface area contributed by atoms with Crippen molar-refractivity contribution in [3.8, 4) is 6.07 Å². The lowest BCUT2D eigenvalue weighted by Crippen LogP contribution is -2.29. The molecule has 0 radical (unpaired) electrons. The molecule has 0 heterocycles. The van der Waals surface area contributed by atoms with E-state index in [0.29, 0.717) is 17.5 Å². The third kappa shape index (κ3) is 3.49. The molecular weight excluding hydrogens is 277 g/mol. The molecule has 21 heavy (non-hydrogen) atoms. The van der Waals surface area contributed by atoms with E-state index in [9.17, 15) is 18.4 Å². The maximum Gasteiger partial charge on any atom is 0.416 e. The minimum absolute atomic E-state index is 0.131. The van der Waals surface area contributed by atoms with Gasteiger partial charge in [0.25, 0.3) is 0 Å². The molecule has 5 heteroatoms. The Morgan fingerprint density at radius 1 is 1.10 bits per heavy atom. The first-order valence-corrected chi connectivity index (χ1v) is 7.33. The van der Waals surface area contributed by atoms with Crippen LogP contribution in [0.1, 0.15) is 36.8 Å². The molecule has 0 atom stereocenters. The first-order chi connectivity index (χ1) is 9.97. The average Bonchev–Trinajstić information content (AvgIpc) is 3.31. The van der Waals surface area contributed by atoms with Gasteiger partial charge >= 0.3 is 6.18 Å². The highest BCUT2D eigenvalue weighted by Crippen LogP contribution is 2.38. The van der Waals surface area contributed by atoms with Crippen LogP contribution in [0, 0.1) is 23.2 Å². The molecule has 0 spiro atoms. The minimum Gasteiger partial charge on any atom is -0.370 e. The summed E-state index contributed by atoms with van der Waals surface area (Å²) in [6, 6.07) is 5.46. The topological polar surface area (TPSA) is 27.0 Å². The number of benzene rings is 1. The second-order valence-electron chi connectivity index (χ2n) is 6.13.